The summed E-state index contributed by atoms with van der Waals surface area (Å²) < 4.78 is 10.9. The summed E-state index contributed by atoms with van der Waals surface area (Å²) in [4.78, 5) is 6.74. The van der Waals surface area contributed by atoms with Gasteiger partial charge in [-0.05, 0) is 37.6 Å². The minimum atomic E-state index is 0.749. The van der Waals surface area contributed by atoms with Crippen molar-refractivity contribution in [1.29, 1.82) is 0 Å². The Labute approximate surface area is 126 Å². The number of rotatable bonds is 8. The molecule has 0 aliphatic carbocycles. The van der Waals surface area contributed by atoms with Gasteiger partial charge in [0.2, 0.25) is 0 Å². The Bertz CT molecular complexity index is 572. The number of ether oxygens (including phenoxy) is 2. The highest BCUT2D eigenvalue weighted by Crippen LogP contribution is 2.28. The average Bonchev–Trinajstić information content (AvgIpc) is 2.53. The van der Waals surface area contributed by atoms with Gasteiger partial charge in [-0.3, -0.25) is 4.98 Å². The van der Waals surface area contributed by atoms with Crippen LogP contribution in [0.25, 0.3) is 10.9 Å². The molecule has 21 heavy (non-hydrogen) atoms. The minimum Gasteiger partial charge on any atom is -0.496 e. The SMILES string of the molecule is CCCN(CCOCC)c1ccc2nccc(OC)c2c1. The molecular weight excluding hydrogens is 264 g/mol. The van der Waals surface area contributed by atoms with Gasteiger partial charge in [0.15, 0.2) is 0 Å². The van der Waals surface area contributed by atoms with E-state index in [1.54, 1.807) is 13.3 Å². The van der Waals surface area contributed by atoms with Gasteiger partial charge in [0, 0.05) is 37.0 Å². The van der Waals surface area contributed by atoms with Crippen molar-refractivity contribution >= 4 is 16.6 Å². The van der Waals surface area contributed by atoms with E-state index in [-0.39, 0.29) is 0 Å². The maximum Gasteiger partial charge on any atom is 0.129 e. The molecule has 1 heterocycles. The molecule has 0 unspecified atom stereocenters. The number of aromatic nitrogens is 1. The monoisotopic (exact) mass is 288 g/mol. The standard InChI is InChI=1S/C17H24N2O2/c1-4-10-19(11-12-21-5-2)14-6-7-16-15(13-14)17(20-3)8-9-18-16/h6-9,13H,4-5,10-12H2,1-3H3. The second-order valence-corrected chi connectivity index (χ2v) is 4.90. The van der Waals surface area contributed by atoms with Gasteiger partial charge < -0.3 is 14.4 Å². The molecule has 0 spiro atoms. The van der Waals surface area contributed by atoms with Crippen molar-refractivity contribution in [3.63, 3.8) is 0 Å². The van der Waals surface area contributed by atoms with Gasteiger partial charge in [0.05, 0.1) is 19.2 Å². The molecule has 4 heteroatoms. The Balaban J connectivity index is 2.29. The lowest BCUT2D eigenvalue weighted by Crippen LogP contribution is -2.28. The van der Waals surface area contributed by atoms with Crippen LogP contribution in [-0.2, 0) is 4.74 Å². The zero-order chi connectivity index (χ0) is 15.1. The summed E-state index contributed by atoms with van der Waals surface area (Å²) in [6.07, 6.45) is 2.88. The highest BCUT2D eigenvalue weighted by molar-refractivity contribution is 5.88. The first kappa shape index (κ1) is 15.6. The first-order chi connectivity index (χ1) is 10.3. The molecule has 0 atom stereocenters. The molecule has 1 aromatic heterocycles. The van der Waals surface area contributed by atoms with Gasteiger partial charge in [-0.2, -0.15) is 0 Å². The van der Waals surface area contributed by atoms with E-state index >= 15 is 0 Å². The molecule has 2 rings (SSSR count). The molecule has 114 valence electrons. The number of pyridine rings is 1. The normalized spacial score (nSPS) is 10.8. The number of benzene rings is 1. The van der Waals surface area contributed by atoms with Gasteiger partial charge in [0.25, 0.3) is 0 Å². The lowest BCUT2D eigenvalue weighted by molar-refractivity contribution is 0.154. The number of nitrogens with zero attached hydrogens (tertiary/aromatic N) is 2. The van der Waals surface area contributed by atoms with Gasteiger partial charge in [-0.25, -0.2) is 0 Å². The summed E-state index contributed by atoms with van der Waals surface area (Å²) in [6.45, 7) is 7.64. The third kappa shape index (κ3) is 3.85. The van der Waals surface area contributed by atoms with E-state index in [9.17, 15) is 0 Å². The fourth-order valence-corrected chi connectivity index (χ4v) is 2.44. The second kappa shape index (κ2) is 7.84. The van der Waals surface area contributed by atoms with Crippen molar-refractivity contribution in [3.8, 4) is 5.75 Å². The van der Waals surface area contributed by atoms with Crippen molar-refractivity contribution in [3.05, 3.63) is 30.5 Å². The third-order valence-electron chi connectivity index (χ3n) is 3.47. The zero-order valence-corrected chi connectivity index (χ0v) is 13.1. The van der Waals surface area contributed by atoms with Crippen molar-refractivity contribution < 1.29 is 9.47 Å². The Hall–Kier alpha value is -1.81. The zero-order valence-electron chi connectivity index (χ0n) is 13.1. The van der Waals surface area contributed by atoms with E-state index in [0.717, 1.165) is 49.4 Å². The second-order valence-electron chi connectivity index (χ2n) is 4.90. The van der Waals surface area contributed by atoms with Crippen LogP contribution in [0.4, 0.5) is 5.69 Å². The summed E-state index contributed by atoms with van der Waals surface area (Å²) in [5.41, 5.74) is 2.15. The Kier molecular flexibility index (Phi) is 5.81. The van der Waals surface area contributed by atoms with Crippen LogP contribution in [-0.4, -0.2) is 38.4 Å². The summed E-state index contributed by atoms with van der Waals surface area (Å²) in [6, 6.07) is 8.23. The maximum atomic E-state index is 5.49. The van der Waals surface area contributed by atoms with Gasteiger partial charge >= 0.3 is 0 Å². The Morgan fingerprint density at radius 1 is 1.14 bits per heavy atom. The van der Waals surface area contributed by atoms with E-state index in [1.165, 1.54) is 5.69 Å². The molecule has 2 aromatic rings. The molecule has 0 saturated carbocycles. The molecular formula is C17H24N2O2. The number of fused-ring (bicyclic) bond motifs is 1. The van der Waals surface area contributed by atoms with Crippen LogP contribution >= 0.6 is 0 Å². The first-order valence-corrected chi connectivity index (χ1v) is 7.55. The lowest BCUT2D eigenvalue weighted by Gasteiger charge is -2.24. The molecule has 0 amide bonds. The summed E-state index contributed by atoms with van der Waals surface area (Å²) in [5.74, 6) is 0.864. The van der Waals surface area contributed by atoms with Crippen LogP contribution in [0.5, 0.6) is 5.75 Å². The molecule has 0 fully saturated rings. The van der Waals surface area contributed by atoms with Crippen LogP contribution in [0.2, 0.25) is 0 Å². The molecule has 0 radical (unpaired) electrons. The molecule has 0 aliphatic heterocycles. The summed E-state index contributed by atoms with van der Waals surface area (Å²) in [7, 11) is 1.69. The predicted octanol–water partition coefficient (Wildman–Crippen LogP) is 3.50. The average molecular weight is 288 g/mol. The molecule has 4 nitrogen and oxygen atoms in total. The highest BCUT2D eigenvalue weighted by Gasteiger charge is 2.09. The fourth-order valence-electron chi connectivity index (χ4n) is 2.44. The predicted molar refractivity (Wildman–Crippen MR) is 87.3 cm³/mol. The van der Waals surface area contributed by atoms with E-state index < -0.39 is 0 Å². The smallest absolute Gasteiger partial charge is 0.129 e. The number of methoxy groups -OCH3 is 1. The largest absolute Gasteiger partial charge is 0.496 e. The van der Waals surface area contributed by atoms with Crippen molar-refractivity contribution in [2.45, 2.75) is 20.3 Å². The molecule has 0 saturated heterocycles. The topological polar surface area (TPSA) is 34.6 Å². The van der Waals surface area contributed by atoms with E-state index in [4.69, 9.17) is 9.47 Å². The molecule has 0 bridgehead atoms. The summed E-state index contributed by atoms with van der Waals surface area (Å²) >= 11 is 0. The molecule has 0 aliphatic rings. The maximum absolute atomic E-state index is 5.49. The van der Waals surface area contributed by atoms with Gasteiger partial charge in [0.1, 0.15) is 5.75 Å². The Morgan fingerprint density at radius 3 is 2.71 bits per heavy atom. The van der Waals surface area contributed by atoms with Crippen LogP contribution in [0.1, 0.15) is 20.3 Å². The van der Waals surface area contributed by atoms with E-state index in [1.807, 2.05) is 13.0 Å². The van der Waals surface area contributed by atoms with Crippen molar-refractivity contribution in [2.75, 3.05) is 38.3 Å². The number of hydrogen-bond donors (Lipinski definition) is 0. The van der Waals surface area contributed by atoms with Gasteiger partial charge in [-0.15, -0.1) is 0 Å². The van der Waals surface area contributed by atoms with Gasteiger partial charge in [-0.1, -0.05) is 6.92 Å². The van der Waals surface area contributed by atoms with Crippen molar-refractivity contribution in [2.24, 2.45) is 0 Å². The third-order valence-corrected chi connectivity index (χ3v) is 3.47. The van der Waals surface area contributed by atoms with Crippen LogP contribution in [0.15, 0.2) is 30.5 Å². The van der Waals surface area contributed by atoms with Crippen LogP contribution < -0.4 is 9.64 Å². The number of anilines is 1. The molecule has 1 aromatic carbocycles. The van der Waals surface area contributed by atoms with Crippen LogP contribution in [0, 0.1) is 0 Å². The first-order valence-electron chi connectivity index (χ1n) is 7.55. The Morgan fingerprint density at radius 2 is 2.00 bits per heavy atom. The summed E-state index contributed by atoms with van der Waals surface area (Å²) in [5, 5.41) is 1.05. The number of hydrogen-bond acceptors (Lipinski definition) is 4. The fraction of sp³-hybridized carbons (Fsp3) is 0.471. The van der Waals surface area contributed by atoms with Crippen molar-refractivity contribution in [1.82, 2.24) is 4.98 Å². The van der Waals surface area contributed by atoms with E-state index in [2.05, 4.69) is 35.0 Å². The van der Waals surface area contributed by atoms with Crippen LogP contribution in [0.3, 0.4) is 0 Å². The minimum absolute atomic E-state index is 0.749. The van der Waals surface area contributed by atoms with E-state index in [0.29, 0.717) is 0 Å². The quantitative estimate of drug-likeness (QED) is 0.696. The highest BCUT2D eigenvalue weighted by atomic mass is 16.5. The molecule has 0 N–H and O–H groups in total. The lowest BCUT2D eigenvalue weighted by atomic mass is 10.1.